The summed E-state index contributed by atoms with van der Waals surface area (Å²) in [6.45, 7) is 4.06. The number of carbonyl (C=O) groups is 4. The van der Waals surface area contributed by atoms with Gasteiger partial charge in [-0.3, -0.25) is 19.2 Å². The van der Waals surface area contributed by atoms with Gasteiger partial charge in [-0.25, -0.2) is 9.97 Å². The van der Waals surface area contributed by atoms with Crippen molar-refractivity contribution in [2.24, 2.45) is 23.7 Å². The molecule has 14 heteroatoms. The van der Waals surface area contributed by atoms with Gasteiger partial charge >= 0.3 is 0 Å². The minimum absolute atomic E-state index is 0.0481. The lowest BCUT2D eigenvalue weighted by atomic mass is 10.2. The number of hydrogen-bond donors (Lipinski definition) is 4. The van der Waals surface area contributed by atoms with Gasteiger partial charge in [0.25, 0.3) is 11.8 Å². The summed E-state index contributed by atoms with van der Waals surface area (Å²) in [5.74, 6) is 0.754. The maximum atomic E-state index is 12.4. The van der Waals surface area contributed by atoms with E-state index in [1.807, 2.05) is 13.8 Å². The Balaban J connectivity index is 0.000000188. The summed E-state index contributed by atoms with van der Waals surface area (Å²) in [5, 5.41) is 12.0. The minimum atomic E-state index is -0.426. The molecular weight excluding hydrogens is 698 g/mol. The van der Waals surface area contributed by atoms with Crippen molar-refractivity contribution < 1.29 is 19.2 Å². The maximum absolute atomic E-state index is 12.4. The van der Waals surface area contributed by atoms with Crippen LogP contribution in [0.5, 0.6) is 0 Å². The van der Waals surface area contributed by atoms with Crippen LogP contribution >= 0.6 is 46.4 Å². The van der Waals surface area contributed by atoms with E-state index < -0.39 is 11.8 Å². The van der Waals surface area contributed by atoms with Gasteiger partial charge in [0.05, 0.1) is 31.2 Å². The third-order valence-corrected chi connectivity index (χ3v) is 9.07. The number of aromatic nitrogens is 2. The lowest BCUT2D eigenvalue weighted by Crippen LogP contribution is -2.16. The lowest BCUT2D eigenvalue weighted by Gasteiger charge is -2.10. The van der Waals surface area contributed by atoms with E-state index in [1.54, 1.807) is 60.7 Å². The largest absolute Gasteiger partial charge is 0.322 e. The number of nitrogens with one attached hydrogen (secondary N) is 4. The number of pyridine rings is 2. The fourth-order valence-electron chi connectivity index (χ4n) is 4.78. The van der Waals surface area contributed by atoms with Gasteiger partial charge in [-0.2, -0.15) is 0 Å². The molecule has 248 valence electrons. The average Bonchev–Trinajstić information content (AvgIpc) is 3.95. The number of amides is 4. The first kappa shape index (κ1) is 35.1. The Morgan fingerprint density at radius 3 is 1.23 bits per heavy atom. The van der Waals surface area contributed by atoms with E-state index in [2.05, 4.69) is 31.2 Å². The number of hydrogen-bond acceptors (Lipinski definition) is 6. The molecule has 4 N–H and O–H groups in total. The highest BCUT2D eigenvalue weighted by molar-refractivity contribution is 6.41. The SMILES string of the molecule is C[C@H]1C[C@@H]1C(=O)Nc1cc(NC(=O)c2c(Cl)cccc2Cl)ccn1.C[C@H]1C[C@H]1C(=O)Nc1cc(NC(=O)c2c(Cl)cccc2Cl)ccn1. The number of nitrogens with zero attached hydrogens (tertiary/aromatic N) is 2. The van der Waals surface area contributed by atoms with E-state index in [4.69, 9.17) is 46.4 Å². The van der Waals surface area contributed by atoms with Gasteiger partial charge in [0, 0.05) is 47.7 Å². The highest BCUT2D eigenvalue weighted by Crippen LogP contribution is 2.39. The summed E-state index contributed by atoms with van der Waals surface area (Å²) in [4.78, 5) is 56.8. The van der Waals surface area contributed by atoms with Crippen LogP contribution in [0.2, 0.25) is 20.1 Å². The van der Waals surface area contributed by atoms with Gasteiger partial charge in [0.2, 0.25) is 11.8 Å². The predicted octanol–water partition coefficient (Wildman–Crippen LogP) is 8.47. The van der Waals surface area contributed by atoms with Gasteiger partial charge in [-0.15, -0.1) is 0 Å². The molecule has 0 bridgehead atoms. The zero-order valence-corrected chi connectivity index (χ0v) is 28.7. The normalized spacial score (nSPS) is 18.8. The Kier molecular flexibility index (Phi) is 11.2. The Labute approximate surface area is 296 Å². The Hall–Kier alpha value is -4.22. The molecule has 2 aromatic carbocycles. The fourth-order valence-corrected chi connectivity index (χ4v) is 5.92. The van der Waals surface area contributed by atoms with Gasteiger partial charge in [0.15, 0.2) is 0 Å². The molecule has 4 aromatic rings. The summed E-state index contributed by atoms with van der Waals surface area (Å²) in [6.07, 6.45) is 4.81. The first-order valence-corrected chi connectivity index (χ1v) is 16.5. The summed E-state index contributed by atoms with van der Waals surface area (Å²) < 4.78 is 0. The molecule has 48 heavy (non-hydrogen) atoms. The summed E-state index contributed by atoms with van der Waals surface area (Å²) in [5.41, 5.74) is 1.39. The molecule has 10 nitrogen and oxygen atoms in total. The first-order chi connectivity index (χ1) is 22.9. The summed E-state index contributed by atoms with van der Waals surface area (Å²) in [6, 6.07) is 16.1. The Morgan fingerprint density at radius 2 is 0.917 bits per heavy atom. The third-order valence-electron chi connectivity index (χ3n) is 7.81. The molecule has 0 aliphatic heterocycles. The number of anilines is 4. The van der Waals surface area contributed by atoms with Crippen LogP contribution in [0.15, 0.2) is 73.1 Å². The van der Waals surface area contributed by atoms with Crippen molar-refractivity contribution in [1.82, 2.24) is 9.97 Å². The quantitative estimate of drug-likeness (QED) is 0.143. The molecule has 2 saturated carbocycles. The minimum Gasteiger partial charge on any atom is -0.322 e. The molecule has 6 rings (SSSR count). The van der Waals surface area contributed by atoms with Crippen molar-refractivity contribution in [3.8, 4) is 0 Å². The van der Waals surface area contributed by atoms with Gasteiger partial charge in [-0.05, 0) is 61.1 Å². The van der Waals surface area contributed by atoms with Crippen molar-refractivity contribution in [2.75, 3.05) is 21.3 Å². The second-order valence-electron chi connectivity index (χ2n) is 11.6. The highest BCUT2D eigenvalue weighted by atomic mass is 35.5. The van der Waals surface area contributed by atoms with Crippen molar-refractivity contribution in [3.05, 3.63) is 104 Å². The third kappa shape index (κ3) is 9.02. The van der Waals surface area contributed by atoms with E-state index in [0.717, 1.165) is 12.8 Å². The molecule has 0 radical (unpaired) electrons. The lowest BCUT2D eigenvalue weighted by molar-refractivity contribution is -0.118. The summed E-state index contributed by atoms with van der Waals surface area (Å²) >= 11 is 24.1. The van der Waals surface area contributed by atoms with Crippen molar-refractivity contribution in [3.63, 3.8) is 0 Å². The number of benzene rings is 2. The number of carbonyl (C=O) groups excluding carboxylic acids is 4. The smallest absolute Gasteiger partial charge is 0.258 e. The molecule has 2 aliphatic carbocycles. The topological polar surface area (TPSA) is 142 Å². The molecule has 0 saturated heterocycles. The molecular formula is C34H30Cl4N6O4. The average molecular weight is 728 g/mol. The van der Waals surface area contributed by atoms with Crippen LogP contribution in [0.25, 0.3) is 0 Å². The fraction of sp³-hybridized carbons (Fsp3) is 0.235. The number of rotatable bonds is 8. The van der Waals surface area contributed by atoms with Crippen LogP contribution in [0.4, 0.5) is 23.0 Å². The molecule has 2 aliphatic rings. The standard InChI is InChI=1S/2C17H15Cl2N3O2/c2*1-9-7-11(9)16(23)22-14-8-10(5-6-20-14)21-17(24)15-12(18)3-2-4-13(15)19/h2*2-6,8-9,11H,7H2,1H3,(H2,20,21,22,23,24)/t9-,11+;9-,11-/m00/s1. The first-order valence-electron chi connectivity index (χ1n) is 15.0. The molecule has 4 atom stereocenters. The molecule has 4 amide bonds. The van der Waals surface area contributed by atoms with Crippen molar-refractivity contribution >= 4 is 93.0 Å². The van der Waals surface area contributed by atoms with Crippen molar-refractivity contribution in [2.45, 2.75) is 26.7 Å². The molecule has 2 fully saturated rings. The van der Waals surface area contributed by atoms with Crippen LogP contribution in [0.3, 0.4) is 0 Å². The highest BCUT2D eigenvalue weighted by Gasteiger charge is 2.40. The van der Waals surface area contributed by atoms with Gasteiger partial charge < -0.3 is 21.3 Å². The second kappa shape index (κ2) is 15.3. The maximum Gasteiger partial charge on any atom is 0.258 e. The molecule has 0 unspecified atom stereocenters. The van der Waals surface area contributed by atoms with Crippen LogP contribution in [-0.4, -0.2) is 33.6 Å². The van der Waals surface area contributed by atoms with E-state index >= 15 is 0 Å². The molecule has 2 heterocycles. The Bertz CT molecular complexity index is 1710. The van der Waals surface area contributed by atoms with Crippen LogP contribution in [0.1, 0.15) is 47.4 Å². The van der Waals surface area contributed by atoms with E-state index in [-0.39, 0.29) is 54.9 Å². The monoisotopic (exact) mass is 726 g/mol. The van der Waals surface area contributed by atoms with E-state index in [9.17, 15) is 19.2 Å². The zero-order chi connectivity index (χ0) is 34.5. The zero-order valence-electron chi connectivity index (χ0n) is 25.7. The van der Waals surface area contributed by atoms with Gasteiger partial charge in [-0.1, -0.05) is 72.4 Å². The van der Waals surface area contributed by atoms with Gasteiger partial charge in [0.1, 0.15) is 11.6 Å². The summed E-state index contributed by atoms with van der Waals surface area (Å²) in [7, 11) is 0. The Morgan fingerprint density at radius 1 is 0.583 bits per heavy atom. The molecule has 0 spiro atoms. The predicted molar refractivity (Wildman–Crippen MR) is 189 cm³/mol. The van der Waals surface area contributed by atoms with E-state index in [1.165, 1.54) is 12.4 Å². The van der Waals surface area contributed by atoms with Crippen molar-refractivity contribution in [1.29, 1.82) is 0 Å². The van der Waals surface area contributed by atoms with E-state index in [0.29, 0.717) is 34.8 Å². The number of halogens is 4. The van der Waals surface area contributed by atoms with Crippen LogP contribution < -0.4 is 21.3 Å². The van der Waals surface area contributed by atoms with Crippen LogP contribution in [0, 0.1) is 23.7 Å². The molecule has 2 aromatic heterocycles. The second-order valence-corrected chi connectivity index (χ2v) is 13.2. The van der Waals surface area contributed by atoms with Crippen LogP contribution in [-0.2, 0) is 9.59 Å².